The molecule has 0 bridgehead atoms. The summed E-state index contributed by atoms with van der Waals surface area (Å²) in [4.78, 5) is 37.0. The molecule has 2 aliphatic rings. The fourth-order valence-corrected chi connectivity index (χ4v) is 5.75. The zero-order valence-electron chi connectivity index (χ0n) is 19.5. The highest BCUT2D eigenvalue weighted by atomic mass is 32.1. The number of thiazole rings is 1. The molecule has 1 amide bonds. The van der Waals surface area contributed by atoms with Crippen LogP contribution in [0.4, 0.5) is 5.13 Å². The van der Waals surface area contributed by atoms with Gasteiger partial charge in [0.05, 0.1) is 28.9 Å². The largest absolute Gasteiger partial charge is 0.507 e. The molecular weight excluding hydrogens is 478 g/mol. The molecule has 4 heterocycles. The number of hydrogen-bond donors (Lipinski definition) is 1. The number of carbonyl (C=O) groups is 2. The first-order valence-corrected chi connectivity index (χ1v) is 12.2. The van der Waals surface area contributed by atoms with Crippen molar-refractivity contribution < 1.29 is 24.2 Å². The summed E-state index contributed by atoms with van der Waals surface area (Å²) in [5.74, 6) is -0.348. The molecule has 1 N–H and O–H groups in total. The van der Waals surface area contributed by atoms with E-state index < -0.39 is 17.7 Å². The van der Waals surface area contributed by atoms with Crippen molar-refractivity contribution in [3.63, 3.8) is 0 Å². The lowest BCUT2D eigenvalue weighted by Gasteiger charge is -2.22. The van der Waals surface area contributed by atoms with E-state index in [1.54, 1.807) is 55.9 Å². The van der Waals surface area contributed by atoms with Crippen molar-refractivity contribution in [2.45, 2.75) is 25.5 Å². The minimum Gasteiger partial charge on any atom is -0.507 e. The van der Waals surface area contributed by atoms with Gasteiger partial charge >= 0.3 is 5.91 Å². The molecule has 2 unspecified atom stereocenters. The SMILES string of the molecule is COc1ccc2nc(N3C(=O)C(=O)/C(=C(/O)c4ccc5c(c4)CC(C)O5)C3c3cccnc3)sc2c1. The van der Waals surface area contributed by atoms with Crippen LogP contribution in [0, 0.1) is 0 Å². The third-order valence-electron chi connectivity index (χ3n) is 6.40. The Bertz CT molecular complexity index is 1560. The van der Waals surface area contributed by atoms with Gasteiger partial charge in [-0.05, 0) is 60.5 Å². The Morgan fingerprint density at radius 1 is 1.19 bits per heavy atom. The van der Waals surface area contributed by atoms with Gasteiger partial charge in [-0.1, -0.05) is 17.4 Å². The van der Waals surface area contributed by atoms with Crippen LogP contribution in [0.5, 0.6) is 11.5 Å². The topological polar surface area (TPSA) is 102 Å². The highest BCUT2D eigenvalue weighted by Gasteiger charge is 2.48. The number of Topliss-reactive ketones (excluding diaryl/α,β-unsaturated/α-hetero) is 1. The molecule has 4 aromatic rings. The van der Waals surface area contributed by atoms with Crippen molar-refractivity contribution in [1.82, 2.24) is 9.97 Å². The maximum absolute atomic E-state index is 13.4. The molecule has 36 heavy (non-hydrogen) atoms. The number of hydrogen-bond acceptors (Lipinski definition) is 8. The number of nitrogens with zero attached hydrogens (tertiary/aromatic N) is 3. The lowest BCUT2D eigenvalue weighted by Crippen LogP contribution is -2.29. The van der Waals surface area contributed by atoms with Crippen LogP contribution in [0.1, 0.15) is 29.7 Å². The average molecular weight is 500 g/mol. The molecule has 0 saturated carbocycles. The standard InChI is InChI=1S/C27H21N3O5S/c1-14-10-17-11-15(5-8-20(17)35-14)24(31)22-23(16-4-3-9-28-13-16)30(26(33)25(22)32)27-29-19-7-6-18(34-2)12-21(19)36-27/h3-9,11-14,23,31H,10H2,1-2H3/b24-22+. The molecule has 2 atom stereocenters. The second-order valence-electron chi connectivity index (χ2n) is 8.74. The van der Waals surface area contributed by atoms with E-state index >= 15 is 0 Å². The van der Waals surface area contributed by atoms with Crippen LogP contribution < -0.4 is 14.4 Å². The van der Waals surface area contributed by atoms with Gasteiger partial charge < -0.3 is 14.6 Å². The number of pyridine rings is 1. The number of rotatable bonds is 4. The minimum absolute atomic E-state index is 0.00301. The van der Waals surface area contributed by atoms with Crippen molar-refractivity contribution in [3.05, 3.63) is 83.2 Å². The first-order valence-electron chi connectivity index (χ1n) is 11.4. The number of anilines is 1. The van der Waals surface area contributed by atoms with E-state index in [2.05, 4.69) is 9.97 Å². The van der Waals surface area contributed by atoms with Gasteiger partial charge in [-0.25, -0.2) is 4.98 Å². The lowest BCUT2D eigenvalue weighted by atomic mass is 9.95. The summed E-state index contributed by atoms with van der Waals surface area (Å²) in [6.45, 7) is 1.97. The highest BCUT2D eigenvalue weighted by Crippen LogP contribution is 2.45. The van der Waals surface area contributed by atoms with Gasteiger partial charge in [0.25, 0.3) is 5.78 Å². The van der Waals surface area contributed by atoms with Gasteiger partial charge in [-0.2, -0.15) is 0 Å². The van der Waals surface area contributed by atoms with Crippen LogP contribution in [0.25, 0.3) is 16.0 Å². The van der Waals surface area contributed by atoms with Crippen molar-refractivity contribution in [2.24, 2.45) is 0 Å². The van der Waals surface area contributed by atoms with Crippen molar-refractivity contribution in [3.8, 4) is 11.5 Å². The first kappa shape index (κ1) is 22.2. The number of aliphatic hydroxyl groups is 1. The molecule has 0 spiro atoms. The molecule has 0 radical (unpaired) electrons. The van der Waals surface area contributed by atoms with Gasteiger partial charge in [0, 0.05) is 24.4 Å². The zero-order valence-corrected chi connectivity index (χ0v) is 20.3. The van der Waals surface area contributed by atoms with Crippen LogP contribution in [0.15, 0.2) is 66.5 Å². The molecular formula is C27H21N3O5S. The van der Waals surface area contributed by atoms with E-state index in [-0.39, 0.29) is 17.4 Å². The van der Waals surface area contributed by atoms with E-state index in [1.165, 1.54) is 16.2 Å². The minimum atomic E-state index is -0.885. The predicted octanol–water partition coefficient (Wildman–Crippen LogP) is 4.65. The number of amides is 1. The Balaban J connectivity index is 1.52. The molecule has 9 heteroatoms. The fourth-order valence-electron chi connectivity index (χ4n) is 4.73. The van der Waals surface area contributed by atoms with Crippen molar-refractivity contribution in [1.29, 1.82) is 0 Å². The maximum Gasteiger partial charge on any atom is 0.301 e. The Hall–Kier alpha value is -4.24. The number of carbonyl (C=O) groups excluding carboxylic acids is 2. The number of aromatic nitrogens is 2. The van der Waals surface area contributed by atoms with E-state index in [1.807, 2.05) is 19.1 Å². The Morgan fingerprint density at radius 2 is 2.06 bits per heavy atom. The highest BCUT2D eigenvalue weighted by molar-refractivity contribution is 7.22. The Kier molecular flexibility index (Phi) is 5.22. The molecule has 2 aliphatic heterocycles. The first-order chi connectivity index (χ1) is 17.4. The lowest BCUT2D eigenvalue weighted by molar-refractivity contribution is -0.132. The summed E-state index contributed by atoms with van der Waals surface area (Å²) in [6.07, 6.45) is 3.94. The van der Waals surface area contributed by atoms with E-state index in [0.29, 0.717) is 33.9 Å². The van der Waals surface area contributed by atoms with Crippen LogP contribution in [-0.2, 0) is 16.0 Å². The molecule has 0 aliphatic carbocycles. The van der Waals surface area contributed by atoms with Gasteiger partial charge in [-0.15, -0.1) is 0 Å². The van der Waals surface area contributed by atoms with Gasteiger partial charge in [0.1, 0.15) is 23.4 Å². The molecule has 6 rings (SSSR count). The fraction of sp³-hybridized carbons (Fsp3) is 0.185. The summed E-state index contributed by atoms with van der Waals surface area (Å²) >= 11 is 1.27. The molecule has 1 saturated heterocycles. The summed E-state index contributed by atoms with van der Waals surface area (Å²) in [6, 6.07) is 13.3. The normalized spacial score (nSPS) is 20.6. The number of fused-ring (bicyclic) bond motifs is 2. The molecule has 2 aromatic heterocycles. The third-order valence-corrected chi connectivity index (χ3v) is 7.42. The van der Waals surface area contributed by atoms with Crippen molar-refractivity contribution >= 4 is 44.1 Å². The van der Waals surface area contributed by atoms with Crippen LogP contribution in [0.2, 0.25) is 0 Å². The number of ketones is 1. The molecule has 1 fully saturated rings. The van der Waals surface area contributed by atoms with Crippen LogP contribution >= 0.6 is 11.3 Å². The van der Waals surface area contributed by atoms with Crippen LogP contribution in [0.3, 0.4) is 0 Å². The van der Waals surface area contributed by atoms with E-state index in [4.69, 9.17) is 9.47 Å². The predicted molar refractivity (Wildman–Crippen MR) is 135 cm³/mol. The summed E-state index contributed by atoms with van der Waals surface area (Å²) in [7, 11) is 1.58. The summed E-state index contributed by atoms with van der Waals surface area (Å²) < 4.78 is 11.9. The quantitative estimate of drug-likeness (QED) is 0.248. The summed E-state index contributed by atoms with van der Waals surface area (Å²) in [5.41, 5.74) is 2.66. The Morgan fingerprint density at radius 3 is 2.83 bits per heavy atom. The van der Waals surface area contributed by atoms with Crippen LogP contribution in [-0.4, -0.2) is 40.0 Å². The maximum atomic E-state index is 13.4. The van der Waals surface area contributed by atoms with E-state index in [0.717, 1.165) is 16.0 Å². The second kappa shape index (κ2) is 8.46. The zero-order chi connectivity index (χ0) is 25.0. The van der Waals surface area contributed by atoms with Gasteiger partial charge in [-0.3, -0.25) is 19.5 Å². The second-order valence-corrected chi connectivity index (χ2v) is 9.75. The smallest absolute Gasteiger partial charge is 0.301 e. The number of benzene rings is 2. The van der Waals surface area contributed by atoms with E-state index in [9.17, 15) is 14.7 Å². The molecule has 180 valence electrons. The molecule has 2 aromatic carbocycles. The number of ether oxygens (including phenoxy) is 2. The van der Waals surface area contributed by atoms with Crippen molar-refractivity contribution in [2.75, 3.05) is 12.0 Å². The summed E-state index contributed by atoms with van der Waals surface area (Å²) in [5, 5.41) is 11.7. The van der Waals surface area contributed by atoms with Gasteiger partial charge in [0.15, 0.2) is 5.13 Å². The third kappa shape index (κ3) is 3.51. The van der Waals surface area contributed by atoms with Gasteiger partial charge in [0.2, 0.25) is 0 Å². The number of aliphatic hydroxyl groups excluding tert-OH is 1. The average Bonchev–Trinajstić information content (AvgIpc) is 3.55. The monoisotopic (exact) mass is 499 g/mol. The number of methoxy groups -OCH3 is 1. The Labute approximate surface area is 210 Å². The molecule has 8 nitrogen and oxygen atoms in total.